The van der Waals surface area contributed by atoms with Gasteiger partial charge in [-0.05, 0) is 19.1 Å². The van der Waals surface area contributed by atoms with Crippen LogP contribution in [0.4, 0.5) is 0 Å². The molecule has 0 aromatic heterocycles. The molecule has 0 bridgehead atoms. The molecule has 1 atom stereocenters. The van der Waals surface area contributed by atoms with Crippen molar-refractivity contribution in [3.8, 4) is 0 Å². The van der Waals surface area contributed by atoms with Crippen LogP contribution < -0.4 is 0 Å². The van der Waals surface area contributed by atoms with E-state index in [0.29, 0.717) is 6.42 Å². The predicted octanol–water partition coefficient (Wildman–Crippen LogP) is 2.35. The van der Waals surface area contributed by atoms with Gasteiger partial charge in [0.15, 0.2) is 0 Å². The first-order valence-electron chi connectivity index (χ1n) is 4.00. The first-order chi connectivity index (χ1) is 5.75. The van der Waals surface area contributed by atoms with Crippen molar-refractivity contribution in [1.82, 2.24) is 0 Å². The van der Waals surface area contributed by atoms with Crippen molar-refractivity contribution in [2.45, 2.75) is 18.9 Å². The zero-order valence-corrected chi connectivity index (χ0v) is 7.45. The number of hydrogen-bond acceptors (Lipinski definition) is 2. The summed E-state index contributed by atoms with van der Waals surface area (Å²) < 4.78 is 5.28. The lowest BCUT2D eigenvalue weighted by atomic mass is 9.92. The second-order valence-electron chi connectivity index (χ2n) is 2.78. The third-order valence-corrected chi connectivity index (χ3v) is 2.04. The molecule has 0 radical (unpaired) electrons. The van der Waals surface area contributed by atoms with Crippen LogP contribution in [0, 0.1) is 0 Å². The summed E-state index contributed by atoms with van der Waals surface area (Å²) in [6.07, 6.45) is 9.90. The van der Waals surface area contributed by atoms with Crippen molar-refractivity contribution in [2.24, 2.45) is 0 Å². The van der Waals surface area contributed by atoms with Crippen LogP contribution in [0.1, 0.15) is 13.3 Å². The lowest BCUT2D eigenvalue weighted by Crippen LogP contribution is -2.32. The molecule has 0 fully saturated rings. The van der Waals surface area contributed by atoms with Gasteiger partial charge in [-0.15, -0.1) is 0 Å². The van der Waals surface area contributed by atoms with E-state index < -0.39 is 5.60 Å². The number of aliphatic hydroxyl groups excluding tert-OH is 1. The van der Waals surface area contributed by atoms with Crippen LogP contribution >= 0.6 is 0 Å². The maximum absolute atomic E-state index is 9.58. The average molecular weight is 166 g/mol. The van der Waals surface area contributed by atoms with E-state index in [1.165, 1.54) is 0 Å². The van der Waals surface area contributed by atoms with Gasteiger partial charge in [0.2, 0.25) is 0 Å². The smallest absolute Gasteiger partial charge is 0.146 e. The van der Waals surface area contributed by atoms with Gasteiger partial charge < -0.3 is 9.84 Å². The van der Waals surface area contributed by atoms with Crippen LogP contribution in [0.5, 0.6) is 0 Å². The summed E-state index contributed by atoms with van der Waals surface area (Å²) >= 11 is 0. The van der Waals surface area contributed by atoms with Crippen LogP contribution in [0.25, 0.3) is 0 Å². The SMILES string of the molecule is CC=CC1(OC)CC=CC=C1O. The molecule has 1 unspecified atom stereocenters. The monoisotopic (exact) mass is 166 g/mol. The summed E-state index contributed by atoms with van der Waals surface area (Å²) in [5.74, 6) is 0.269. The lowest BCUT2D eigenvalue weighted by molar-refractivity contribution is 0.0298. The number of methoxy groups -OCH3 is 1. The third kappa shape index (κ3) is 1.43. The van der Waals surface area contributed by atoms with Crippen molar-refractivity contribution in [2.75, 3.05) is 7.11 Å². The van der Waals surface area contributed by atoms with E-state index in [2.05, 4.69) is 0 Å². The molecule has 12 heavy (non-hydrogen) atoms. The van der Waals surface area contributed by atoms with E-state index in [1.807, 2.05) is 31.2 Å². The van der Waals surface area contributed by atoms with Crippen molar-refractivity contribution >= 4 is 0 Å². The number of allylic oxidation sites excluding steroid dienone is 3. The molecule has 0 amide bonds. The highest BCUT2D eigenvalue weighted by Gasteiger charge is 2.31. The molecule has 1 N–H and O–H groups in total. The minimum atomic E-state index is -0.622. The minimum Gasteiger partial charge on any atom is -0.509 e. The quantitative estimate of drug-likeness (QED) is 0.638. The van der Waals surface area contributed by atoms with Gasteiger partial charge in [0.25, 0.3) is 0 Å². The van der Waals surface area contributed by atoms with Gasteiger partial charge in [-0.25, -0.2) is 0 Å². The Kier molecular flexibility index (Phi) is 2.71. The van der Waals surface area contributed by atoms with Gasteiger partial charge in [0, 0.05) is 13.5 Å². The Balaban J connectivity index is 2.94. The standard InChI is InChI=1S/C10H14O2/c1-3-7-10(12-2)8-5-4-6-9(10)11/h3-7,11H,8H2,1-2H3. The zero-order chi connectivity index (χ0) is 9.03. The Morgan fingerprint density at radius 2 is 2.42 bits per heavy atom. The normalized spacial score (nSPS) is 29.3. The fraction of sp³-hybridized carbons (Fsp3) is 0.400. The molecule has 0 aromatic carbocycles. The van der Waals surface area contributed by atoms with Crippen molar-refractivity contribution in [1.29, 1.82) is 0 Å². The molecule has 0 heterocycles. The van der Waals surface area contributed by atoms with Crippen molar-refractivity contribution in [3.05, 3.63) is 36.1 Å². The molecule has 0 aliphatic heterocycles. The largest absolute Gasteiger partial charge is 0.509 e. The fourth-order valence-corrected chi connectivity index (χ4v) is 1.33. The Morgan fingerprint density at radius 1 is 1.67 bits per heavy atom. The van der Waals surface area contributed by atoms with Gasteiger partial charge in [-0.1, -0.05) is 18.2 Å². The summed E-state index contributed by atoms with van der Waals surface area (Å²) in [5.41, 5.74) is -0.622. The molecule has 0 saturated carbocycles. The molecule has 1 rings (SSSR count). The molecule has 2 nitrogen and oxygen atoms in total. The molecular weight excluding hydrogens is 152 g/mol. The fourth-order valence-electron chi connectivity index (χ4n) is 1.33. The average Bonchev–Trinajstić information content (AvgIpc) is 2.10. The van der Waals surface area contributed by atoms with E-state index in [9.17, 15) is 5.11 Å². The predicted molar refractivity (Wildman–Crippen MR) is 49.0 cm³/mol. The zero-order valence-electron chi connectivity index (χ0n) is 7.45. The van der Waals surface area contributed by atoms with Gasteiger partial charge in [-0.2, -0.15) is 0 Å². The molecule has 0 saturated heterocycles. The van der Waals surface area contributed by atoms with E-state index in [-0.39, 0.29) is 5.76 Å². The Bertz CT molecular complexity index is 238. The Hall–Kier alpha value is -1.02. The molecular formula is C10H14O2. The second kappa shape index (κ2) is 3.59. The highest BCUT2D eigenvalue weighted by molar-refractivity contribution is 5.29. The summed E-state index contributed by atoms with van der Waals surface area (Å²) in [6.45, 7) is 1.91. The van der Waals surface area contributed by atoms with Crippen LogP contribution in [0.15, 0.2) is 36.1 Å². The van der Waals surface area contributed by atoms with E-state index in [4.69, 9.17) is 4.74 Å². The number of rotatable bonds is 2. The Morgan fingerprint density at radius 3 is 2.92 bits per heavy atom. The summed E-state index contributed by atoms with van der Waals surface area (Å²) in [4.78, 5) is 0. The molecule has 66 valence electrons. The highest BCUT2D eigenvalue weighted by Crippen LogP contribution is 2.28. The number of aliphatic hydroxyl groups is 1. The van der Waals surface area contributed by atoms with E-state index >= 15 is 0 Å². The molecule has 1 aliphatic carbocycles. The second-order valence-corrected chi connectivity index (χ2v) is 2.78. The molecule has 1 aliphatic rings. The molecule has 0 aromatic rings. The lowest BCUT2D eigenvalue weighted by Gasteiger charge is -2.29. The summed E-state index contributed by atoms with van der Waals surface area (Å²) in [5, 5.41) is 9.58. The maximum Gasteiger partial charge on any atom is 0.146 e. The summed E-state index contributed by atoms with van der Waals surface area (Å²) in [7, 11) is 1.60. The molecule has 2 heteroatoms. The van der Waals surface area contributed by atoms with Crippen molar-refractivity contribution < 1.29 is 9.84 Å². The van der Waals surface area contributed by atoms with Gasteiger partial charge >= 0.3 is 0 Å². The maximum atomic E-state index is 9.58. The minimum absolute atomic E-state index is 0.269. The van der Waals surface area contributed by atoms with Crippen molar-refractivity contribution in [3.63, 3.8) is 0 Å². The van der Waals surface area contributed by atoms with Crippen LogP contribution in [-0.2, 0) is 4.74 Å². The van der Waals surface area contributed by atoms with E-state index in [1.54, 1.807) is 13.2 Å². The Labute approximate surface area is 72.9 Å². The summed E-state index contributed by atoms with van der Waals surface area (Å²) in [6, 6.07) is 0. The first-order valence-corrected chi connectivity index (χ1v) is 4.00. The number of hydrogen-bond donors (Lipinski definition) is 1. The van der Waals surface area contributed by atoms with Crippen LogP contribution in [-0.4, -0.2) is 17.8 Å². The topological polar surface area (TPSA) is 29.5 Å². The van der Waals surface area contributed by atoms with E-state index in [0.717, 1.165) is 0 Å². The molecule has 0 spiro atoms. The van der Waals surface area contributed by atoms with Gasteiger partial charge in [-0.3, -0.25) is 0 Å². The van der Waals surface area contributed by atoms with Crippen LogP contribution in [0.2, 0.25) is 0 Å². The first kappa shape index (κ1) is 9.07. The van der Waals surface area contributed by atoms with Crippen LogP contribution in [0.3, 0.4) is 0 Å². The van der Waals surface area contributed by atoms with Gasteiger partial charge in [0.05, 0.1) is 0 Å². The number of ether oxygens (including phenoxy) is 1. The van der Waals surface area contributed by atoms with Gasteiger partial charge in [0.1, 0.15) is 11.4 Å². The third-order valence-electron chi connectivity index (χ3n) is 2.04. The highest BCUT2D eigenvalue weighted by atomic mass is 16.5.